The van der Waals surface area contributed by atoms with Crippen LogP contribution in [-0.2, 0) is 14.4 Å². The van der Waals surface area contributed by atoms with Crippen molar-refractivity contribution in [3.63, 3.8) is 0 Å². The Morgan fingerprint density at radius 3 is 2.36 bits per heavy atom. The van der Waals surface area contributed by atoms with E-state index in [0.717, 1.165) is 10.8 Å². The number of nitrogens with one attached hydrogen (secondary N) is 1. The third-order valence-electron chi connectivity index (χ3n) is 2.96. The summed E-state index contributed by atoms with van der Waals surface area (Å²) in [6.07, 6.45) is -0.708. The summed E-state index contributed by atoms with van der Waals surface area (Å²) < 4.78 is 0. The minimum Gasteiger partial charge on any atom is -0.481 e. The molecule has 2 aromatic rings. The van der Waals surface area contributed by atoms with Crippen LogP contribution in [-0.4, -0.2) is 34.2 Å². The van der Waals surface area contributed by atoms with E-state index in [1.54, 1.807) is 18.2 Å². The highest BCUT2D eigenvalue weighted by Gasteiger charge is 2.23. The lowest BCUT2D eigenvalue weighted by Gasteiger charge is -2.12. The Balaban J connectivity index is 2.06. The van der Waals surface area contributed by atoms with Crippen LogP contribution < -0.4 is 5.48 Å². The fourth-order valence-electron chi connectivity index (χ4n) is 1.85. The summed E-state index contributed by atoms with van der Waals surface area (Å²) >= 11 is 0. The van der Waals surface area contributed by atoms with Gasteiger partial charge in [-0.1, -0.05) is 30.3 Å². The molecule has 0 saturated heterocycles. The average molecular weight is 303 g/mol. The van der Waals surface area contributed by atoms with Crippen LogP contribution in [0, 0.1) is 0 Å². The summed E-state index contributed by atoms with van der Waals surface area (Å²) in [6.45, 7) is 0. The van der Waals surface area contributed by atoms with Gasteiger partial charge in [0.05, 0.1) is 12.0 Å². The summed E-state index contributed by atoms with van der Waals surface area (Å²) in [7, 11) is 0. The second-order valence-corrected chi connectivity index (χ2v) is 4.56. The quantitative estimate of drug-likeness (QED) is 0.692. The number of carbonyl (C=O) groups excluding carboxylic acids is 1. The number of carboxylic acids is 2. The summed E-state index contributed by atoms with van der Waals surface area (Å²) in [4.78, 5) is 37.9. The topological polar surface area (TPSA) is 113 Å². The van der Waals surface area contributed by atoms with E-state index in [-0.39, 0.29) is 5.56 Å². The predicted molar refractivity (Wildman–Crippen MR) is 76.2 cm³/mol. The predicted octanol–water partition coefficient (Wildman–Crippen LogP) is 1.43. The summed E-state index contributed by atoms with van der Waals surface area (Å²) in [5, 5.41) is 19.2. The highest BCUT2D eigenvalue weighted by molar-refractivity contribution is 5.95. The molecule has 0 amide bonds. The van der Waals surface area contributed by atoms with Gasteiger partial charge in [0.1, 0.15) is 0 Å². The first-order chi connectivity index (χ1) is 10.5. The molecule has 0 spiro atoms. The fourth-order valence-corrected chi connectivity index (χ4v) is 1.85. The van der Waals surface area contributed by atoms with E-state index >= 15 is 0 Å². The van der Waals surface area contributed by atoms with E-state index in [0.29, 0.717) is 0 Å². The van der Waals surface area contributed by atoms with Crippen LogP contribution in [0.5, 0.6) is 0 Å². The molecule has 0 aromatic heterocycles. The monoisotopic (exact) mass is 303 g/mol. The Labute approximate surface area is 125 Å². The molecule has 22 heavy (non-hydrogen) atoms. The molecule has 0 fully saturated rings. The lowest BCUT2D eigenvalue weighted by molar-refractivity contribution is -0.149. The lowest BCUT2D eigenvalue weighted by atomic mass is 10.1. The number of hydroxylamine groups is 1. The molecule has 2 aromatic carbocycles. The van der Waals surface area contributed by atoms with Crippen molar-refractivity contribution in [2.24, 2.45) is 0 Å². The van der Waals surface area contributed by atoms with Gasteiger partial charge in [0, 0.05) is 0 Å². The maximum absolute atomic E-state index is 11.9. The maximum atomic E-state index is 11.9. The molecule has 1 atom stereocenters. The first-order valence-electron chi connectivity index (χ1n) is 6.37. The second kappa shape index (κ2) is 6.68. The van der Waals surface area contributed by atoms with Gasteiger partial charge < -0.3 is 15.1 Å². The molecule has 0 radical (unpaired) electrons. The first kappa shape index (κ1) is 15.5. The van der Waals surface area contributed by atoms with Gasteiger partial charge in [0.15, 0.2) is 6.04 Å². The molecule has 3 N–H and O–H groups in total. The van der Waals surface area contributed by atoms with Crippen molar-refractivity contribution >= 4 is 28.7 Å². The van der Waals surface area contributed by atoms with Gasteiger partial charge in [0.25, 0.3) is 0 Å². The van der Waals surface area contributed by atoms with Crippen molar-refractivity contribution in [1.82, 2.24) is 5.48 Å². The van der Waals surface area contributed by atoms with Crippen molar-refractivity contribution in [3.05, 3.63) is 48.0 Å². The molecular weight excluding hydrogens is 290 g/mol. The number of carboxylic acid groups (broad SMARTS) is 2. The van der Waals surface area contributed by atoms with Crippen LogP contribution in [0.1, 0.15) is 16.8 Å². The number of rotatable bonds is 6. The molecule has 114 valence electrons. The van der Waals surface area contributed by atoms with Crippen LogP contribution in [0.15, 0.2) is 42.5 Å². The van der Waals surface area contributed by atoms with Gasteiger partial charge in [-0.3, -0.25) is 9.59 Å². The Morgan fingerprint density at radius 1 is 1.05 bits per heavy atom. The number of aliphatic carboxylic acids is 2. The molecule has 0 unspecified atom stereocenters. The highest BCUT2D eigenvalue weighted by Crippen LogP contribution is 2.16. The van der Waals surface area contributed by atoms with Gasteiger partial charge in [0.2, 0.25) is 0 Å². The maximum Gasteiger partial charge on any atom is 0.356 e. The van der Waals surface area contributed by atoms with Crippen LogP contribution in [0.4, 0.5) is 0 Å². The minimum atomic E-state index is -1.51. The normalized spacial score (nSPS) is 11.8. The Kier molecular flexibility index (Phi) is 4.70. The number of fused-ring (bicyclic) bond motifs is 1. The molecule has 0 saturated carbocycles. The number of hydrogen-bond acceptors (Lipinski definition) is 5. The number of hydrogen-bond donors (Lipinski definition) is 3. The van der Waals surface area contributed by atoms with Crippen molar-refractivity contribution in [3.8, 4) is 0 Å². The van der Waals surface area contributed by atoms with Gasteiger partial charge in [-0.05, 0) is 22.9 Å². The SMILES string of the molecule is O=C(O)C[C@H](NOC(=O)c1ccc2ccccc2c1)C(=O)O. The average Bonchev–Trinajstić information content (AvgIpc) is 2.50. The molecular formula is C15H13NO6. The van der Waals surface area contributed by atoms with E-state index in [1.165, 1.54) is 0 Å². The van der Waals surface area contributed by atoms with E-state index in [9.17, 15) is 14.4 Å². The molecule has 0 aliphatic heterocycles. The minimum absolute atomic E-state index is 0.227. The summed E-state index contributed by atoms with van der Waals surface area (Å²) in [6, 6.07) is 10.8. The lowest BCUT2D eigenvalue weighted by Crippen LogP contribution is -2.39. The van der Waals surface area contributed by atoms with Crippen molar-refractivity contribution in [2.45, 2.75) is 12.5 Å². The van der Waals surface area contributed by atoms with Crippen LogP contribution >= 0.6 is 0 Å². The number of benzene rings is 2. The largest absolute Gasteiger partial charge is 0.481 e. The zero-order valence-electron chi connectivity index (χ0n) is 11.4. The fraction of sp³-hybridized carbons (Fsp3) is 0.133. The van der Waals surface area contributed by atoms with Crippen LogP contribution in [0.3, 0.4) is 0 Å². The first-order valence-corrected chi connectivity index (χ1v) is 6.37. The third-order valence-corrected chi connectivity index (χ3v) is 2.96. The molecule has 7 heteroatoms. The Hall–Kier alpha value is -2.93. The zero-order chi connectivity index (χ0) is 16.1. The molecule has 0 aliphatic carbocycles. The third kappa shape index (κ3) is 3.80. The van der Waals surface area contributed by atoms with Crippen molar-refractivity contribution < 1.29 is 29.4 Å². The van der Waals surface area contributed by atoms with E-state index in [2.05, 4.69) is 4.84 Å². The smallest absolute Gasteiger partial charge is 0.356 e. The van der Waals surface area contributed by atoms with E-state index in [4.69, 9.17) is 10.2 Å². The second-order valence-electron chi connectivity index (χ2n) is 4.56. The summed E-state index contributed by atoms with van der Waals surface area (Å²) in [5.41, 5.74) is 2.19. The molecule has 0 bridgehead atoms. The molecule has 2 rings (SSSR count). The van der Waals surface area contributed by atoms with Crippen molar-refractivity contribution in [1.29, 1.82) is 0 Å². The number of carbonyl (C=O) groups is 3. The highest BCUT2D eigenvalue weighted by atomic mass is 16.7. The molecule has 0 aliphatic rings. The van der Waals surface area contributed by atoms with E-state index in [1.807, 2.05) is 29.7 Å². The Bertz CT molecular complexity index is 727. The van der Waals surface area contributed by atoms with Gasteiger partial charge in [-0.15, -0.1) is 5.48 Å². The van der Waals surface area contributed by atoms with Gasteiger partial charge in [-0.25, -0.2) is 4.79 Å². The van der Waals surface area contributed by atoms with Gasteiger partial charge >= 0.3 is 17.9 Å². The Morgan fingerprint density at radius 2 is 1.73 bits per heavy atom. The zero-order valence-corrected chi connectivity index (χ0v) is 11.4. The standard InChI is InChI=1S/C15H13NO6/c17-13(18)8-12(14(19)20)16-22-15(21)11-6-5-9-3-1-2-4-10(9)7-11/h1-7,12,16H,8H2,(H,17,18)(H,19,20)/t12-/m0/s1. The van der Waals surface area contributed by atoms with E-state index < -0.39 is 30.4 Å². The molecule has 0 heterocycles. The van der Waals surface area contributed by atoms with Gasteiger partial charge in [-0.2, -0.15) is 0 Å². The summed E-state index contributed by atoms with van der Waals surface area (Å²) in [5.74, 6) is -3.53. The van der Waals surface area contributed by atoms with Crippen LogP contribution in [0.2, 0.25) is 0 Å². The van der Waals surface area contributed by atoms with Crippen molar-refractivity contribution in [2.75, 3.05) is 0 Å². The van der Waals surface area contributed by atoms with Crippen LogP contribution in [0.25, 0.3) is 10.8 Å². The molecule has 7 nitrogen and oxygen atoms in total.